The van der Waals surface area contributed by atoms with Crippen molar-refractivity contribution >= 4 is 6.08 Å². The molecule has 0 saturated heterocycles. The summed E-state index contributed by atoms with van der Waals surface area (Å²) in [5.41, 5.74) is 2.47. The number of unbranched alkanes of at least 4 members (excludes halogenated alkanes) is 5. The van der Waals surface area contributed by atoms with Gasteiger partial charge in [0.05, 0.1) is 0 Å². The number of rotatable bonds is 15. The molecule has 0 bridgehead atoms. The van der Waals surface area contributed by atoms with E-state index in [9.17, 15) is 0 Å². The lowest BCUT2D eigenvalue weighted by molar-refractivity contribution is -0.380. The van der Waals surface area contributed by atoms with E-state index < -0.39 is 5.97 Å². The Morgan fingerprint density at radius 1 is 0.885 bits per heavy atom. The van der Waals surface area contributed by atoms with Gasteiger partial charge in [-0.05, 0) is 30.4 Å². The maximum absolute atomic E-state index is 5.66. The molecule has 3 heteroatoms. The molecule has 26 heavy (non-hydrogen) atoms. The summed E-state index contributed by atoms with van der Waals surface area (Å²) in [5, 5.41) is 0. The highest BCUT2D eigenvalue weighted by atomic mass is 16.9. The molecular weight excluding hydrogens is 324 g/mol. The Hall–Kier alpha value is -1.16. The molecule has 1 atom stereocenters. The third-order valence-corrected chi connectivity index (χ3v) is 5.26. The zero-order chi connectivity index (χ0) is 19.3. The van der Waals surface area contributed by atoms with Crippen LogP contribution in [0.5, 0.6) is 0 Å². The minimum Gasteiger partial charge on any atom is -0.331 e. The average molecular weight is 363 g/mol. The van der Waals surface area contributed by atoms with Crippen LogP contribution in [0.3, 0.4) is 0 Å². The minimum absolute atomic E-state index is 0.202. The lowest BCUT2D eigenvalue weighted by atomic mass is 9.91. The predicted octanol–water partition coefficient (Wildman–Crippen LogP) is 6.22. The molecule has 1 aromatic carbocycles. The minimum atomic E-state index is -0.954. The van der Waals surface area contributed by atoms with Crippen molar-refractivity contribution in [3.63, 3.8) is 0 Å². The maximum atomic E-state index is 5.66. The van der Waals surface area contributed by atoms with Gasteiger partial charge in [0.15, 0.2) is 0 Å². The van der Waals surface area contributed by atoms with Crippen LogP contribution in [-0.4, -0.2) is 27.3 Å². The monoisotopic (exact) mass is 362 g/mol. The fourth-order valence-electron chi connectivity index (χ4n) is 3.58. The molecule has 3 nitrogen and oxygen atoms in total. The first-order valence-electron chi connectivity index (χ1n) is 10.0. The van der Waals surface area contributed by atoms with Gasteiger partial charge < -0.3 is 14.2 Å². The smallest absolute Gasteiger partial charge is 0.285 e. The second kappa shape index (κ2) is 13.1. The van der Waals surface area contributed by atoms with E-state index in [-0.39, 0.29) is 5.92 Å². The molecule has 0 aliphatic carbocycles. The second-order valence-corrected chi connectivity index (χ2v) is 6.95. The van der Waals surface area contributed by atoms with Gasteiger partial charge in [0.1, 0.15) is 0 Å². The molecule has 0 heterocycles. The van der Waals surface area contributed by atoms with E-state index >= 15 is 0 Å². The van der Waals surface area contributed by atoms with Gasteiger partial charge in [-0.1, -0.05) is 82.4 Å². The second-order valence-electron chi connectivity index (χ2n) is 6.95. The first-order chi connectivity index (χ1) is 12.7. The molecule has 0 aliphatic rings. The van der Waals surface area contributed by atoms with E-state index in [0.29, 0.717) is 0 Å². The molecule has 0 spiro atoms. The first-order valence-corrected chi connectivity index (χ1v) is 10.0. The molecule has 0 amide bonds. The highest BCUT2D eigenvalue weighted by Gasteiger charge is 2.39. The summed E-state index contributed by atoms with van der Waals surface area (Å²) >= 11 is 0. The van der Waals surface area contributed by atoms with Gasteiger partial charge >= 0.3 is 0 Å². The van der Waals surface area contributed by atoms with Crippen molar-refractivity contribution in [3.05, 3.63) is 42.0 Å². The van der Waals surface area contributed by atoms with E-state index in [0.717, 1.165) is 24.8 Å². The van der Waals surface area contributed by atoms with Gasteiger partial charge in [0.2, 0.25) is 0 Å². The largest absolute Gasteiger partial charge is 0.331 e. The summed E-state index contributed by atoms with van der Waals surface area (Å²) in [6, 6.07) is 8.57. The Bertz CT molecular complexity index is 468. The topological polar surface area (TPSA) is 27.7 Å². The highest BCUT2D eigenvalue weighted by molar-refractivity contribution is 5.47. The number of hydrogen-bond acceptors (Lipinski definition) is 3. The summed E-state index contributed by atoms with van der Waals surface area (Å²) in [7, 11) is 5.00. The van der Waals surface area contributed by atoms with Crippen LogP contribution < -0.4 is 0 Å². The van der Waals surface area contributed by atoms with E-state index in [1.165, 1.54) is 44.1 Å². The average Bonchev–Trinajstić information content (AvgIpc) is 2.70. The van der Waals surface area contributed by atoms with Crippen LogP contribution in [-0.2, 0) is 20.6 Å². The van der Waals surface area contributed by atoms with Crippen molar-refractivity contribution in [3.8, 4) is 0 Å². The van der Waals surface area contributed by atoms with Crippen LogP contribution in [0.2, 0.25) is 0 Å². The van der Waals surface area contributed by atoms with Crippen molar-refractivity contribution in [2.75, 3.05) is 21.3 Å². The third kappa shape index (κ3) is 7.22. The number of ether oxygens (including phenoxy) is 3. The Labute approximate surface area is 160 Å². The van der Waals surface area contributed by atoms with Crippen LogP contribution in [0.15, 0.2) is 30.8 Å². The quantitative estimate of drug-likeness (QED) is 0.274. The molecule has 0 fully saturated rings. The maximum Gasteiger partial charge on any atom is 0.285 e. The summed E-state index contributed by atoms with van der Waals surface area (Å²) in [4.78, 5) is 0. The normalized spacial score (nSPS) is 12.9. The zero-order valence-corrected chi connectivity index (χ0v) is 17.3. The highest BCUT2D eigenvalue weighted by Crippen LogP contribution is 2.32. The molecule has 1 aromatic rings. The van der Waals surface area contributed by atoms with Crippen LogP contribution in [0.1, 0.15) is 69.4 Å². The number of benzene rings is 1. The lowest BCUT2D eigenvalue weighted by Crippen LogP contribution is -2.44. The fourth-order valence-corrected chi connectivity index (χ4v) is 3.58. The zero-order valence-electron chi connectivity index (χ0n) is 17.3. The Morgan fingerprint density at radius 3 is 2.00 bits per heavy atom. The summed E-state index contributed by atoms with van der Waals surface area (Å²) in [5.74, 6) is -0.752. The number of methoxy groups -OCH3 is 3. The molecule has 0 saturated carbocycles. The predicted molar refractivity (Wildman–Crippen MR) is 110 cm³/mol. The molecule has 148 valence electrons. The van der Waals surface area contributed by atoms with E-state index in [1.54, 1.807) is 21.3 Å². The summed E-state index contributed by atoms with van der Waals surface area (Å²) < 4.78 is 17.0. The molecule has 0 aliphatic heterocycles. The van der Waals surface area contributed by atoms with Gasteiger partial charge in [0, 0.05) is 27.2 Å². The summed E-state index contributed by atoms with van der Waals surface area (Å²) in [6.45, 7) is 6.06. The summed E-state index contributed by atoms with van der Waals surface area (Å²) in [6.07, 6.45) is 12.6. The molecule has 0 radical (unpaired) electrons. The standard InChI is InChI=1S/C23H38O3/c1-6-8-9-10-11-12-13-22(23(24-3,25-4)26-5)19-18-21-16-14-20(7-2)15-17-21/h7,14-17,22H,2,6,8-13,18-19H2,1,3-5H3. The van der Waals surface area contributed by atoms with E-state index in [1.807, 2.05) is 6.08 Å². The van der Waals surface area contributed by atoms with Gasteiger partial charge in [-0.3, -0.25) is 0 Å². The molecule has 1 unspecified atom stereocenters. The third-order valence-electron chi connectivity index (χ3n) is 5.26. The van der Waals surface area contributed by atoms with Crippen molar-refractivity contribution in [1.82, 2.24) is 0 Å². The van der Waals surface area contributed by atoms with Crippen molar-refractivity contribution < 1.29 is 14.2 Å². The van der Waals surface area contributed by atoms with Crippen molar-refractivity contribution in [2.24, 2.45) is 5.92 Å². The first kappa shape index (κ1) is 22.9. The molecule has 0 aromatic heterocycles. The molecule has 1 rings (SSSR count). The molecule has 0 N–H and O–H groups in total. The van der Waals surface area contributed by atoms with Crippen molar-refractivity contribution in [2.45, 2.75) is 70.7 Å². The van der Waals surface area contributed by atoms with Gasteiger partial charge in [-0.2, -0.15) is 0 Å². The number of hydrogen-bond donors (Lipinski definition) is 0. The lowest BCUT2D eigenvalue weighted by Gasteiger charge is -2.36. The van der Waals surface area contributed by atoms with Gasteiger partial charge in [0.25, 0.3) is 5.97 Å². The van der Waals surface area contributed by atoms with Crippen LogP contribution in [0.25, 0.3) is 6.08 Å². The van der Waals surface area contributed by atoms with Gasteiger partial charge in [-0.15, -0.1) is 0 Å². The van der Waals surface area contributed by atoms with Crippen LogP contribution in [0, 0.1) is 5.92 Å². The molecular formula is C23H38O3. The number of aryl methyl sites for hydroxylation is 1. The Balaban J connectivity index is 2.65. The van der Waals surface area contributed by atoms with Crippen LogP contribution in [0.4, 0.5) is 0 Å². The Morgan fingerprint density at radius 2 is 1.46 bits per heavy atom. The SMILES string of the molecule is C=Cc1ccc(CCC(CCCCCCCC)C(OC)(OC)OC)cc1. The van der Waals surface area contributed by atoms with Crippen LogP contribution >= 0.6 is 0 Å². The van der Waals surface area contributed by atoms with Crippen molar-refractivity contribution in [1.29, 1.82) is 0 Å². The fraction of sp³-hybridized carbons (Fsp3) is 0.652. The Kier molecular flexibility index (Phi) is 11.5. The van der Waals surface area contributed by atoms with Gasteiger partial charge in [-0.25, -0.2) is 0 Å². The van der Waals surface area contributed by atoms with E-state index in [2.05, 4.69) is 37.8 Å². The van der Waals surface area contributed by atoms with E-state index in [4.69, 9.17) is 14.2 Å².